The van der Waals surface area contributed by atoms with E-state index in [1.165, 1.54) is 6.07 Å². The average Bonchev–Trinajstić information content (AvgIpc) is 2.29. The average molecular weight is 310 g/mol. The molecular formula is C11H10F4N2O2S. The summed E-state index contributed by atoms with van der Waals surface area (Å²) in [5, 5.41) is 8.58. The number of nitriles is 1. The van der Waals surface area contributed by atoms with Crippen molar-refractivity contribution in [3.8, 4) is 6.07 Å². The fourth-order valence-electron chi connectivity index (χ4n) is 1.37. The van der Waals surface area contributed by atoms with Crippen LogP contribution in [0.15, 0.2) is 18.2 Å². The van der Waals surface area contributed by atoms with Gasteiger partial charge in [-0.25, -0.2) is 12.8 Å². The smallest absolute Gasteiger partial charge is 0.284 e. The Kier molecular flexibility index (Phi) is 4.94. The molecule has 0 spiro atoms. The van der Waals surface area contributed by atoms with Gasteiger partial charge in [0.1, 0.15) is 11.9 Å². The van der Waals surface area contributed by atoms with Crippen LogP contribution in [0.1, 0.15) is 18.4 Å². The van der Waals surface area contributed by atoms with Crippen molar-refractivity contribution in [3.63, 3.8) is 0 Å². The predicted molar refractivity (Wildman–Crippen MR) is 63.8 cm³/mol. The Bertz CT molecular complexity index is 620. The zero-order valence-corrected chi connectivity index (χ0v) is 10.9. The second-order valence-electron chi connectivity index (χ2n) is 3.95. The van der Waals surface area contributed by atoms with Crippen LogP contribution < -0.4 is 4.72 Å². The Morgan fingerprint density at radius 2 is 1.95 bits per heavy atom. The molecule has 4 nitrogen and oxygen atoms in total. The largest absolute Gasteiger partial charge is 0.389 e. The molecule has 0 aromatic heterocycles. The monoisotopic (exact) mass is 310 g/mol. The second-order valence-corrected chi connectivity index (χ2v) is 5.79. The molecule has 0 aliphatic rings. The Labute approximate surface area is 113 Å². The van der Waals surface area contributed by atoms with E-state index >= 15 is 0 Å². The minimum Gasteiger partial charge on any atom is -0.284 e. The zero-order chi connectivity index (χ0) is 15.4. The molecule has 1 aromatic carbocycles. The molecule has 0 heterocycles. The molecule has 1 rings (SSSR count). The first-order valence-corrected chi connectivity index (χ1v) is 7.05. The molecule has 0 saturated heterocycles. The number of nitrogens with zero attached hydrogens (tertiary/aromatic N) is 1. The van der Waals surface area contributed by atoms with E-state index in [-0.39, 0.29) is 11.3 Å². The standard InChI is InChI=1S/C11H10F4N2O2S/c12-10-3-2-9(6-8(10)7-16)17-20(18,19)5-1-4-11(13,14)15/h2-3,6,17H,1,4-5H2. The Balaban J connectivity index is 2.70. The fourth-order valence-corrected chi connectivity index (χ4v) is 2.48. The lowest BCUT2D eigenvalue weighted by Crippen LogP contribution is -2.19. The van der Waals surface area contributed by atoms with Gasteiger partial charge in [-0.2, -0.15) is 18.4 Å². The van der Waals surface area contributed by atoms with Crippen LogP contribution in [-0.2, 0) is 10.0 Å². The van der Waals surface area contributed by atoms with Crippen LogP contribution in [0, 0.1) is 17.1 Å². The molecule has 0 aliphatic carbocycles. The van der Waals surface area contributed by atoms with Crippen molar-refractivity contribution < 1.29 is 26.0 Å². The molecule has 0 radical (unpaired) electrons. The minimum absolute atomic E-state index is 0.0741. The van der Waals surface area contributed by atoms with Gasteiger partial charge in [0.15, 0.2) is 0 Å². The maximum Gasteiger partial charge on any atom is 0.389 e. The maximum atomic E-state index is 13.0. The fraction of sp³-hybridized carbons (Fsp3) is 0.364. The van der Waals surface area contributed by atoms with Crippen LogP contribution in [0.4, 0.5) is 23.2 Å². The summed E-state index contributed by atoms with van der Waals surface area (Å²) >= 11 is 0. The summed E-state index contributed by atoms with van der Waals surface area (Å²) in [4.78, 5) is 0. The molecule has 9 heteroatoms. The number of sulfonamides is 1. The van der Waals surface area contributed by atoms with Gasteiger partial charge in [0.25, 0.3) is 0 Å². The highest BCUT2D eigenvalue weighted by atomic mass is 32.2. The molecule has 0 aliphatic heterocycles. The quantitative estimate of drug-likeness (QED) is 0.850. The van der Waals surface area contributed by atoms with Crippen molar-refractivity contribution in [1.82, 2.24) is 0 Å². The number of nitrogens with one attached hydrogen (secondary N) is 1. The molecule has 0 bridgehead atoms. The van der Waals surface area contributed by atoms with Gasteiger partial charge in [-0.05, 0) is 24.6 Å². The molecule has 1 N–H and O–H groups in total. The van der Waals surface area contributed by atoms with Crippen LogP contribution in [0.3, 0.4) is 0 Å². The number of rotatable bonds is 5. The van der Waals surface area contributed by atoms with Gasteiger partial charge < -0.3 is 0 Å². The lowest BCUT2D eigenvalue weighted by atomic mass is 10.2. The van der Waals surface area contributed by atoms with E-state index in [1.54, 1.807) is 0 Å². The molecule has 0 saturated carbocycles. The highest BCUT2D eigenvalue weighted by molar-refractivity contribution is 7.92. The topological polar surface area (TPSA) is 70.0 Å². The third-order valence-electron chi connectivity index (χ3n) is 2.23. The first-order chi connectivity index (χ1) is 9.13. The maximum absolute atomic E-state index is 13.0. The molecule has 20 heavy (non-hydrogen) atoms. The van der Waals surface area contributed by atoms with Crippen LogP contribution >= 0.6 is 0 Å². The first kappa shape index (κ1) is 16.2. The van der Waals surface area contributed by atoms with E-state index in [4.69, 9.17) is 5.26 Å². The van der Waals surface area contributed by atoms with Crippen molar-refractivity contribution in [2.45, 2.75) is 19.0 Å². The first-order valence-electron chi connectivity index (χ1n) is 5.40. The van der Waals surface area contributed by atoms with Gasteiger partial charge >= 0.3 is 6.18 Å². The number of anilines is 1. The normalized spacial score (nSPS) is 11.9. The summed E-state index contributed by atoms with van der Waals surface area (Å²) < 4.78 is 73.8. The number of alkyl halides is 3. The number of halogens is 4. The van der Waals surface area contributed by atoms with Gasteiger partial charge in [0, 0.05) is 12.1 Å². The second kappa shape index (κ2) is 6.09. The predicted octanol–water partition coefficient (Wildman–Crippen LogP) is 2.78. The lowest BCUT2D eigenvalue weighted by Gasteiger charge is -2.09. The highest BCUT2D eigenvalue weighted by Gasteiger charge is 2.27. The van der Waals surface area contributed by atoms with Gasteiger partial charge in [-0.15, -0.1) is 0 Å². The summed E-state index contributed by atoms with van der Waals surface area (Å²) in [5.74, 6) is -1.53. The Morgan fingerprint density at radius 3 is 2.50 bits per heavy atom. The SMILES string of the molecule is N#Cc1cc(NS(=O)(=O)CCCC(F)(F)F)ccc1F. The van der Waals surface area contributed by atoms with E-state index in [2.05, 4.69) is 0 Å². The third-order valence-corrected chi connectivity index (χ3v) is 3.61. The van der Waals surface area contributed by atoms with E-state index < -0.39 is 40.6 Å². The molecular weight excluding hydrogens is 300 g/mol. The van der Waals surface area contributed by atoms with Gasteiger partial charge in [-0.1, -0.05) is 0 Å². The highest BCUT2D eigenvalue weighted by Crippen LogP contribution is 2.22. The van der Waals surface area contributed by atoms with Crippen molar-refractivity contribution in [2.24, 2.45) is 0 Å². The van der Waals surface area contributed by atoms with E-state index in [9.17, 15) is 26.0 Å². The van der Waals surface area contributed by atoms with Crippen LogP contribution in [-0.4, -0.2) is 20.3 Å². The van der Waals surface area contributed by atoms with Crippen molar-refractivity contribution in [2.75, 3.05) is 10.5 Å². The number of benzene rings is 1. The number of hydrogen-bond donors (Lipinski definition) is 1. The van der Waals surface area contributed by atoms with Gasteiger partial charge in [0.2, 0.25) is 10.0 Å². The van der Waals surface area contributed by atoms with E-state index in [0.717, 1.165) is 18.2 Å². The van der Waals surface area contributed by atoms with E-state index in [1.807, 2.05) is 4.72 Å². The summed E-state index contributed by atoms with van der Waals surface area (Å²) in [6.45, 7) is 0. The minimum atomic E-state index is -4.42. The molecule has 0 atom stereocenters. The van der Waals surface area contributed by atoms with E-state index in [0.29, 0.717) is 0 Å². The molecule has 0 amide bonds. The molecule has 1 aromatic rings. The Hall–Kier alpha value is -1.82. The van der Waals surface area contributed by atoms with Crippen LogP contribution in [0.5, 0.6) is 0 Å². The Morgan fingerprint density at radius 1 is 1.30 bits per heavy atom. The zero-order valence-electron chi connectivity index (χ0n) is 10.0. The van der Waals surface area contributed by atoms with Gasteiger partial charge in [-0.3, -0.25) is 4.72 Å². The molecule has 0 fully saturated rings. The molecule has 0 unspecified atom stereocenters. The van der Waals surface area contributed by atoms with Crippen molar-refractivity contribution >= 4 is 15.7 Å². The lowest BCUT2D eigenvalue weighted by molar-refractivity contribution is -0.134. The summed E-state index contributed by atoms with van der Waals surface area (Å²) in [6.07, 6.45) is -6.20. The van der Waals surface area contributed by atoms with Crippen LogP contribution in [0.25, 0.3) is 0 Å². The molecule has 110 valence electrons. The summed E-state index contributed by atoms with van der Waals surface area (Å²) in [5.41, 5.74) is -0.435. The number of hydrogen-bond acceptors (Lipinski definition) is 3. The van der Waals surface area contributed by atoms with Crippen molar-refractivity contribution in [3.05, 3.63) is 29.6 Å². The van der Waals surface area contributed by atoms with Crippen LogP contribution in [0.2, 0.25) is 0 Å². The van der Waals surface area contributed by atoms with Gasteiger partial charge in [0.05, 0.1) is 11.3 Å². The summed E-state index contributed by atoms with van der Waals surface area (Å²) in [7, 11) is -3.98. The summed E-state index contributed by atoms with van der Waals surface area (Å²) in [6, 6.07) is 4.47. The third kappa shape index (κ3) is 5.44. The van der Waals surface area contributed by atoms with Crippen molar-refractivity contribution in [1.29, 1.82) is 5.26 Å².